The van der Waals surface area contributed by atoms with E-state index < -0.39 is 0 Å². The summed E-state index contributed by atoms with van der Waals surface area (Å²) in [6, 6.07) is 8.16. The highest BCUT2D eigenvalue weighted by Crippen LogP contribution is 2.30. The Kier molecular flexibility index (Phi) is 3.00. The zero-order valence-corrected chi connectivity index (χ0v) is 11.2. The summed E-state index contributed by atoms with van der Waals surface area (Å²) in [6.45, 7) is 2.79. The Balaban J connectivity index is 1.98. The molecular formula is C14H18N4O. The van der Waals surface area contributed by atoms with E-state index in [0.717, 1.165) is 35.7 Å². The summed E-state index contributed by atoms with van der Waals surface area (Å²) in [5, 5.41) is 4.49. The van der Waals surface area contributed by atoms with Gasteiger partial charge in [0.25, 0.3) is 0 Å². The van der Waals surface area contributed by atoms with Crippen LogP contribution in [0.3, 0.4) is 0 Å². The van der Waals surface area contributed by atoms with E-state index in [1.54, 1.807) is 0 Å². The quantitative estimate of drug-likeness (QED) is 0.641. The minimum Gasteiger partial charge on any atom is -0.493 e. The molecule has 1 atom stereocenters. The number of nitrogens with zero attached hydrogens (tertiary/aromatic N) is 2. The van der Waals surface area contributed by atoms with Crippen LogP contribution in [0.15, 0.2) is 24.3 Å². The number of ether oxygens (including phenoxy) is 1. The van der Waals surface area contributed by atoms with Crippen LogP contribution < -0.4 is 16.0 Å². The minimum absolute atomic E-state index is 0.0919. The molecule has 1 aliphatic heterocycles. The van der Waals surface area contributed by atoms with E-state index >= 15 is 0 Å². The molecule has 0 amide bonds. The van der Waals surface area contributed by atoms with Crippen molar-refractivity contribution in [3.63, 3.8) is 0 Å². The monoisotopic (exact) mass is 258 g/mol. The van der Waals surface area contributed by atoms with E-state index in [-0.39, 0.29) is 6.04 Å². The van der Waals surface area contributed by atoms with Gasteiger partial charge >= 0.3 is 0 Å². The first kappa shape index (κ1) is 12.2. The van der Waals surface area contributed by atoms with E-state index in [2.05, 4.69) is 16.6 Å². The fraction of sp³-hybridized carbons (Fsp3) is 0.357. The number of hydrogen-bond donors (Lipinski definition) is 2. The Morgan fingerprint density at radius 2 is 2.26 bits per heavy atom. The number of nitrogens with two attached hydrogens (primary N) is 1. The largest absolute Gasteiger partial charge is 0.493 e. The zero-order valence-electron chi connectivity index (χ0n) is 11.2. The summed E-state index contributed by atoms with van der Waals surface area (Å²) in [4.78, 5) is 0. The SMILES string of the molecule is Cc1cc(C(NN)c2ccc3c(c2)CCO3)nn1C. The average molecular weight is 258 g/mol. The Hall–Kier alpha value is -1.85. The number of aromatic nitrogens is 2. The van der Waals surface area contributed by atoms with Gasteiger partial charge in [-0.1, -0.05) is 6.07 Å². The highest BCUT2D eigenvalue weighted by Gasteiger charge is 2.19. The molecule has 100 valence electrons. The van der Waals surface area contributed by atoms with Crippen molar-refractivity contribution in [2.75, 3.05) is 6.61 Å². The fourth-order valence-electron chi connectivity index (χ4n) is 2.47. The third-order valence-corrected chi connectivity index (χ3v) is 3.64. The maximum Gasteiger partial charge on any atom is 0.122 e. The summed E-state index contributed by atoms with van der Waals surface area (Å²) >= 11 is 0. The number of hydrazine groups is 1. The lowest BCUT2D eigenvalue weighted by Gasteiger charge is -2.14. The summed E-state index contributed by atoms with van der Waals surface area (Å²) < 4.78 is 7.38. The molecule has 0 saturated heterocycles. The molecule has 1 aliphatic rings. The van der Waals surface area contributed by atoms with Crippen LogP contribution in [0.2, 0.25) is 0 Å². The van der Waals surface area contributed by atoms with E-state index in [1.807, 2.05) is 36.9 Å². The Labute approximate surface area is 112 Å². The smallest absolute Gasteiger partial charge is 0.122 e. The molecule has 1 aromatic carbocycles. The van der Waals surface area contributed by atoms with Crippen LogP contribution in [0.4, 0.5) is 0 Å². The van der Waals surface area contributed by atoms with Gasteiger partial charge in [0.1, 0.15) is 5.75 Å². The van der Waals surface area contributed by atoms with Gasteiger partial charge in [-0.05, 0) is 36.2 Å². The summed E-state index contributed by atoms with van der Waals surface area (Å²) in [7, 11) is 1.93. The molecule has 0 bridgehead atoms. The maximum atomic E-state index is 5.71. The van der Waals surface area contributed by atoms with Gasteiger partial charge in [0.05, 0.1) is 18.3 Å². The highest BCUT2D eigenvalue weighted by molar-refractivity contribution is 5.42. The summed E-state index contributed by atoms with van der Waals surface area (Å²) in [5.41, 5.74) is 7.25. The number of hydrogen-bond acceptors (Lipinski definition) is 4. The Morgan fingerprint density at radius 1 is 1.42 bits per heavy atom. The zero-order chi connectivity index (χ0) is 13.4. The molecule has 0 aliphatic carbocycles. The van der Waals surface area contributed by atoms with Gasteiger partial charge in [-0.2, -0.15) is 5.10 Å². The summed E-state index contributed by atoms with van der Waals surface area (Å²) in [6.07, 6.45) is 0.960. The molecule has 3 N–H and O–H groups in total. The van der Waals surface area contributed by atoms with Crippen LogP contribution in [-0.2, 0) is 13.5 Å². The van der Waals surface area contributed by atoms with Crippen molar-refractivity contribution < 1.29 is 4.74 Å². The van der Waals surface area contributed by atoms with Crippen LogP contribution >= 0.6 is 0 Å². The van der Waals surface area contributed by atoms with Crippen LogP contribution in [0.1, 0.15) is 28.6 Å². The third-order valence-electron chi connectivity index (χ3n) is 3.64. The number of fused-ring (bicyclic) bond motifs is 1. The van der Waals surface area contributed by atoms with Gasteiger partial charge in [-0.25, -0.2) is 5.43 Å². The predicted molar refractivity (Wildman–Crippen MR) is 72.8 cm³/mol. The lowest BCUT2D eigenvalue weighted by Crippen LogP contribution is -2.29. The molecule has 0 saturated carbocycles. The maximum absolute atomic E-state index is 5.71. The molecule has 1 unspecified atom stereocenters. The molecular weight excluding hydrogens is 240 g/mol. The topological polar surface area (TPSA) is 65.1 Å². The van der Waals surface area contributed by atoms with E-state index in [4.69, 9.17) is 10.6 Å². The van der Waals surface area contributed by atoms with Crippen molar-refractivity contribution in [2.45, 2.75) is 19.4 Å². The van der Waals surface area contributed by atoms with Crippen LogP contribution in [0.25, 0.3) is 0 Å². The Morgan fingerprint density at radius 3 is 2.95 bits per heavy atom. The molecule has 0 spiro atoms. The fourth-order valence-corrected chi connectivity index (χ4v) is 2.47. The molecule has 3 rings (SSSR count). The van der Waals surface area contributed by atoms with E-state index in [1.165, 1.54) is 5.56 Å². The van der Waals surface area contributed by atoms with Crippen molar-refractivity contribution >= 4 is 0 Å². The standard InChI is InChI=1S/C14H18N4O/c1-9-7-12(17-18(9)2)14(16-15)11-3-4-13-10(8-11)5-6-19-13/h3-4,7-8,14,16H,5-6,15H2,1-2H3. The van der Waals surface area contributed by atoms with Crippen molar-refractivity contribution in [1.82, 2.24) is 15.2 Å². The molecule has 5 heteroatoms. The molecule has 0 fully saturated rings. The summed E-state index contributed by atoms with van der Waals surface area (Å²) in [5.74, 6) is 6.69. The molecule has 2 heterocycles. The first-order valence-electron chi connectivity index (χ1n) is 6.41. The third kappa shape index (κ3) is 2.11. The molecule has 5 nitrogen and oxygen atoms in total. The van der Waals surface area contributed by atoms with Gasteiger partial charge in [0.2, 0.25) is 0 Å². The minimum atomic E-state index is -0.0919. The first-order chi connectivity index (χ1) is 9.19. The number of benzene rings is 1. The van der Waals surface area contributed by atoms with Crippen molar-refractivity contribution in [3.8, 4) is 5.75 Å². The van der Waals surface area contributed by atoms with Gasteiger partial charge < -0.3 is 4.74 Å². The van der Waals surface area contributed by atoms with Gasteiger partial charge in [0, 0.05) is 19.2 Å². The first-order valence-corrected chi connectivity index (χ1v) is 6.41. The lowest BCUT2D eigenvalue weighted by atomic mass is 10.0. The van der Waals surface area contributed by atoms with Gasteiger partial charge in [-0.3, -0.25) is 10.5 Å². The van der Waals surface area contributed by atoms with Crippen molar-refractivity contribution in [1.29, 1.82) is 0 Å². The normalized spacial score (nSPS) is 15.1. The lowest BCUT2D eigenvalue weighted by molar-refractivity contribution is 0.357. The van der Waals surface area contributed by atoms with E-state index in [0.29, 0.717) is 0 Å². The molecule has 2 aromatic rings. The molecule has 1 aromatic heterocycles. The predicted octanol–water partition coefficient (Wildman–Crippen LogP) is 1.22. The van der Waals surface area contributed by atoms with Crippen LogP contribution in [0.5, 0.6) is 5.75 Å². The van der Waals surface area contributed by atoms with Gasteiger partial charge in [0.15, 0.2) is 0 Å². The average Bonchev–Trinajstić information content (AvgIpc) is 2.98. The van der Waals surface area contributed by atoms with Crippen LogP contribution in [-0.4, -0.2) is 16.4 Å². The number of rotatable bonds is 3. The second-order valence-corrected chi connectivity index (χ2v) is 4.90. The molecule has 19 heavy (non-hydrogen) atoms. The van der Waals surface area contributed by atoms with Crippen LogP contribution in [0, 0.1) is 6.92 Å². The highest BCUT2D eigenvalue weighted by atomic mass is 16.5. The van der Waals surface area contributed by atoms with E-state index in [9.17, 15) is 0 Å². The Bertz CT molecular complexity index is 586. The number of aryl methyl sites for hydroxylation is 2. The number of nitrogens with one attached hydrogen (secondary N) is 1. The molecule has 0 radical (unpaired) electrons. The second-order valence-electron chi connectivity index (χ2n) is 4.90. The second kappa shape index (κ2) is 4.68. The van der Waals surface area contributed by atoms with Crippen molar-refractivity contribution in [3.05, 3.63) is 46.8 Å². The van der Waals surface area contributed by atoms with Gasteiger partial charge in [-0.15, -0.1) is 0 Å². The van der Waals surface area contributed by atoms with Crippen molar-refractivity contribution in [2.24, 2.45) is 12.9 Å².